The zero-order chi connectivity index (χ0) is 18.4. The van der Waals surface area contributed by atoms with Crippen molar-refractivity contribution in [1.29, 1.82) is 0 Å². The van der Waals surface area contributed by atoms with Crippen LogP contribution >= 0.6 is 11.6 Å². The van der Waals surface area contributed by atoms with Gasteiger partial charge in [-0.25, -0.2) is 17.6 Å². The Labute approximate surface area is 149 Å². The van der Waals surface area contributed by atoms with Crippen LogP contribution in [0.3, 0.4) is 0 Å². The van der Waals surface area contributed by atoms with E-state index in [0.29, 0.717) is 19.3 Å². The van der Waals surface area contributed by atoms with Crippen molar-refractivity contribution in [1.82, 2.24) is 5.32 Å². The third-order valence-electron chi connectivity index (χ3n) is 5.14. The number of hydrogen-bond donors (Lipinski definition) is 2. The lowest BCUT2D eigenvalue weighted by Gasteiger charge is -2.23. The quantitative estimate of drug-likeness (QED) is 0.819. The molecule has 1 aliphatic carbocycles. The maximum absolute atomic E-state index is 13.6. The Balaban J connectivity index is 1.70. The second kappa shape index (κ2) is 6.25. The van der Waals surface area contributed by atoms with Crippen molar-refractivity contribution >= 4 is 33.3 Å². The highest BCUT2D eigenvalue weighted by molar-refractivity contribution is 7.91. The highest BCUT2D eigenvalue weighted by atomic mass is 35.5. The van der Waals surface area contributed by atoms with Gasteiger partial charge in [0.2, 0.25) is 5.91 Å². The molecule has 3 rings (SSSR count). The maximum Gasteiger partial charge on any atom is 0.330 e. The van der Waals surface area contributed by atoms with E-state index in [9.17, 15) is 27.5 Å². The summed E-state index contributed by atoms with van der Waals surface area (Å²) in [6.45, 7) is 0. The predicted octanol–water partition coefficient (Wildman–Crippen LogP) is 1.94. The molecule has 1 aromatic carbocycles. The molecule has 2 atom stereocenters. The number of benzene rings is 1. The fraction of sp³-hybridized carbons (Fsp3) is 0.500. The summed E-state index contributed by atoms with van der Waals surface area (Å²) in [5.41, 5.74) is -0.257. The second-order valence-corrected chi connectivity index (χ2v) is 9.44. The van der Waals surface area contributed by atoms with Crippen molar-refractivity contribution < 1.29 is 27.5 Å². The number of carboxylic acids is 1. The Morgan fingerprint density at radius 2 is 1.96 bits per heavy atom. The van der Waals surface area contributed by atoms with Crippen LogP contribution in [0.15, 0.2) is 18.2 Å². The molecule has 25 heavy (non-hydrogen) atoms. The van der Waals surface area contributed by atoms with Crippen molar-refractivity contribution in [3.05, 3.63) is 34.6 Å². The van der Waals surface area contributed by atoms with E-state index in [1.165, 1.54) is 12.1 Å². The lowest BCUT2D eigenvalue weighted by atomic mass is 9.95. The molecule has 1 aliphatic heterocycles. The summed E-state index contributed by atoms with van der Waals surface area (Å²) in [6, 6.07) is 2.18. The van der Waals surface area contributed by atoms with Crippen molar-refractivity contribution in [2.24, 2.45) is 11.3 Å². The number of carbonyl (C=O) groups excluding carboxylic acids is 1. The standard InChI is InChI=1S/C16H17ClFNO5S/c17-11-2-1-9(7-12(11)18)13(15(21)22)19-14(20)10-8-16(10)3-5-25(23,24)6-4-16/h1-2,7,10,13H,3-6,8H2,(H,19,20)(H,21,22). The first-order valence-corrected chi connectivity index (χ1v) is 10.0. The maximum atomic E-state index is 13.6. The number of nitrogens with one attached hydrogen (secondary N) is 1. The summed E-state index contributed by atoms with van der Waals surface area (Å²) in [7, 11) is -3.03. The van der Waals surface area contributed by atoms with Gasteiger partial charge in [-0.1, -0.05) is 17.7 Å². The molecular weight excluding hydrogens is 373 g/mol. The summed E-state index contributed by atoms with van der Waals surface area (Å²) in [6.07, 6.45) is 1.39. The van der Waals surface area contributed by atoms with Gasteiger partial charge in [-0.2, -0.15) is 0 Å². The molecule has 9 heteroatoms. The Morgan fingerprint density at radius 3 is 2.52 bits per heavy atom. The molecule has 6 nitrogen and oxygen atoms in total. The topological polar surface area (TPSA) is 101 Å². The Bertz CT molecular complexity index is 827. The molecule has 1 amide bonds. The number of carboxylic acid groups (broad SMARTS) is 1. The van der Waals surface area contributed by atoms with Gasteiger partial charge >= 0.3 is 5.97 Å². The minimum atomic E-state index is -3.03. The van der Waals surface area contributed by atoms with Crippen molar-refractivity contribution in [2.75, 3.05) is 11.5 Å². The van der Waals surface area contributed by atoms with Gasteiger partial charge in [0.25, 0.3) is 0 Å². The van der Waals surface area contributed by atoms with Crippen LogP contribution in [0.4, 0.5) is 4.39 Å². The Hall–Kier alpha value is -1.67. The van der Waals surface area contributed by atoms with Crippen LogP contribution < -0.4 is 5.32 Å². The molecule has 0 radical (unpaired) electrons. The van der Waals surface area contributed by atoms with Gasteiger partial charge in [0.15, 0.2) is 6.04 Å². The molecule has 2 fully saturated rings. The lowest BCUT2D eigenvalue weighted by molar-refractivity contribution is -0.142. The van der Waals surface area contributed by atoms with Crippen molar-refractivity contribution in [2.45, 2.75) is 25.3 Å². The summed E-state index contributed by atoms with van der Waals surface area (Å²) in [5.74, 6) is -2.80. The highest BCUT2D eigenvalue weighted by Gasteiger charge is 2.59. The van der Waals surface area contributed by atoms with E-state index in [4.69, 9.17) is 11.6 Å². The number of sulfone groups is 1. The van der Waals surface area contributed by atoms with Crippen LogP contribution in [0, 0.1) is 17.2 Å². The molecule has 1 saturated heterocycles. The minimum Gasteiger partial charge on any atom is -0.479 e. The van der Waals surface area contributed by atoms with E-state index in [1.807, 2.05) is 0 Å². The van der Waals surface area contributed by atoms with Gasteiger partial charge in [-0.3, -0.25) is 4.79 Å². The van der Waals surface area contributed by atoms with Gasteiger partial charge in [0.05, 0.1) is 16.5 Å². The number of halogens is 2. The summed E-state index contributed by atoms with van der Waals surface area (Å²) in [4.78, 5) is 23.9. The number of aliphatic carboxylic acids is 1. The monoisotopic (exact) mass is 389 g/mol. The predicted molar refractivity (Wildman–Crippen MR) is 88.4 cm³/mol. The number of hydrogen-bond acceptors (Lipinski definition) is 4. The zero-order valence-electron chi connectivity index (χ0n) is 13.2. The normalized spacial score (nSPS) is 24.5. The van der Waals surface area contributed by atoms with Crippen LogP contribution in [0.5, 0.6) is 0 Å². The van der Waals surface area contributed by atoms with Gasteiger partial charge in [0, 0.05) is 5.92 Å². The van der Waals surface area contributed by atoms with E-state index in [1.54, 1.807) is 0 Å². The number of amides is 1. The SMILES string of the molecule is O=C(O)C(NC(=O)C1CC12CCS(=O)(=O)CC2)c1ccc(Cl)c(F)c1. The molecule has 2 N–H and O–H groups in total. The fourth-order valence-electron chi connectivity index (χ4n) is 3.44. The zero-order valence-corrected chi connectivity index (χ0v) is 14.7. The largest absolute Gasteiger partial charge is 0.479 e. The Morgan fingerprint density at radius 1 is 1.32 bits per heavy atom. The average molecular weight is 390 g/mol. The molecule has 1 saturated carbocycles. The smallest absolute Gasteiger partial charge is 0.330 e. The van der Waals surface area contributed by atoms with Gasteiger partial charge in [-0.05, 0) is 42.4 Å². The molecule has 2 aliphatic rings. The molecule has 1 heterocycles. The first-order chi connectivity index (χ1) is 11.6. The second-order valence-electron chi connectivity index (χ2n) is 6.72. The highest BCUT2D eigenvalue weighted by Crippen LogP contribution is 2.59. The fourth-order valence-corrected chi connectivity index (χ4v) is 5.19. The van der Waals surface area contributed by atoms with E-state index in [2.05, 4.69) is 5.32 Å². The third-order valence-corrected chi connectivity index (χ3v) is 7.10. The van der Waals surface area contributed by atoms with E-state index in [0.717, 1.165) is 6.07 Å². The molecule has 2 unspecified atom stereocenters. The minimum absolute atomic E-state index is 0.0571. The molecule has 0 bridgehead atoms. The van der Waals surface area contributed by atoms with Crippen LogP contribution in [-0.4, -0.2) is 36.9 Å². The van der Waals surface area contributed by atoms with Gasteiger partial charge in [0.1, 0.15) is 15.7 Å². The molecule has 1 aromatic rings. The lowest BCUT2D eigenvalue weighted by Crippen LogP contribution is -2.37. The van der Waals surface area contributed by atoms with Gasteiger partial charge in [-0.15, -0.1) is 0 Å². The summed E-state index contributed by atoms with van der Waals surface area (Å²) < 4.78 is 36.6. The first kappa shape index (κ1) is 18.1. The molecular formula is C16H17ClFNO5S. The average Bonchev–Trinajstić information content (AvgIpc) is 3.25. The summed E-state index contributed by atoms with van der Waals surface area (Å²) >= 11 is 5.59. The molecule has 0 aromatic heterocycles. The van der Waals surface area contributed by atoms with E-state index < -0.39 is 39.5 Å². The van der Waals surface area contributed by atoms with Crippen molar-refractivity contribution in [3.63, 3.8) is 0 Å². The van der Waals surface area contributed by atoms with Crippen LogP contribution in [-0.2, 0) is 19.4 Å². The van der Waals surface area contributed by atoms with E-state index >= 15 is 0 Å². The van der Waals surface area contributed by atoms with Gasteiger partial charge < -0.3 is 10.4 Å². The molecule has 1 spiro atoms. The summed E-state index contributed by atoms with van der Waals surface area (Å²) in [5, 5.41) is 11.7. The van der Waals surface area contributed by atoms with Crippen LogP contribution in [0.1, 0.15) is 30.9 Å². The molecule has 136 valence electrons. The third kappa shape index (κ3) is 3.64. The van der Waals surface area contributed by atoms with Crippen molar-refractivity contribution in [3.8, 4) is 0 Å². The number of carbonyl (C=O) groups is 2. The van der Waals surface area contributed by atoms with Crippen LogP contribution in [0.2, 0.25) is 5.02 Å². The number of rotatable bonds is 4. The first-order valence-electron chi connectivity index (χ1n) is 7.82. The van der Waals surface area contributed by atoms with Crippen LogP contribution in [0.25, 0.3) is 0 Å². The van der Waals surface area contributed by atoms with E-state index in [-0.39, 0.29) is 27.5 Å². The Kier molecular flexibility index (Phi) is 4.53.